The third-order valence-electron chi connectivity index (χ3n) is 3.91. The second kappa shape index (κ2) is 8.89. The maximum absolute atomic E-state index is 12.8. The Bertz CT molecular complexity index is 801. The molecule has 1 N–H and O–H groups in total. The molecule has 0 saturated carbocycles. The van der Waals surface area contributed by atoms with Crippen molar-refractivity contribution in [2.75, 3.05) is 26.1 Å². The van der Waals surface area contributed by atoms with E-state index in [-0.39, 0.29) is 12.5 Å². The van der Waals surface area contributed by atoms with E-state index < -0.39 is 5.97 Å². The Hall–Kier alpha value is -3.02. The van der Waals surface area contributed by atoms with Crippen LogP contribution in [0.1, 0.15) is 40.1 Å². The summed E-state index contributed by atoms with van der Waals surface area (Å²) in [5.41, 5.74) is 1.98. The smallest absolute Gasteiger partial charge is 0.340 e. The van der Waals surface area contributed by atoms with Crippen molar-refractivity contribution < 1.29 is 23.8 Å². The van der Waals surface area contributed by atoms with Crippen molar-refractivity contribution in [3.05, 3.63) is 53.1 Å². The number of ether oxygens (including phenoxy) is 3. The van der Waals surface area contributed by atoms with E-state index in [9.17, 15) is 9.59 Å². The fourth-order valence-corrected chi connectivity index (χ4v) is 2.59. The first kappa shape index (κ1) is 19.3. The Morgan fingerprint density at radius 1 is 0.962 bits per heavy atom. The van der Waals surface area contributed by atoms with Crippen LogP contribution in [0.4, 0.5) is 5.69 Å². The minimum absolute atomic E-state index is 0.261. The molecule has 0 atom stereocenters. The van der Waals surface area contributed by atoms with Crippen molar-refractivity contribution >= 4 is 17.6 Å². The zero-order valence-electron chi connectivity index (χ0n) is 15.4. The molecule has 138 valence electrons. The molecule has 0 spiro atoms. The molecule has 0 saturated heterocycles. The van der Waals surface area contributed by atoms with E-state index in [1.54, 1.807) is 50.4 Å². The molecule has 2 rings (SSSR count). The number of amides is 1. The van der Waals surface area contributed by atoms with Gasteiger partial charge in [0.15, 0.2) is 11.5 Å². The van der Waals surface area contributed by atoms with E-state index in [1.807, 2.05) is 6.92 Å². The number of carbonyl (C=O) groups excluding carboxylic acids is 2. The van der Waals surface area contributed by atoms with Gasteiger partial charge in [-0.2, -0.15) is 0 Å². The Morgan fingerprint density at radius 3 is 2.23 bits per heavy atom. The first-order chi connectivity index (χ1) is 12.5. The minimum atomic E-state index is -0.480. The second-order valence-electron chi connectivity index (χ2n) is 5.44. The van der Waals surface area contributed by atoms with E-state index in [4.69, 9.17) is 14.2 Å². The van der Waals surface area contributed by atoms with E-state index >= 15 is 0 Å². The van der Waals surface area contributed by atoms with Gasteiger partial charge in [-0.15, -0.1) is 0 Å². The maximum atomic E-state index is 12.8. The van der Waals surface area contributed by atoms with Crippen LogP contribution >= 0.6 is 0 Å². The fourth-order valence-electron chi connectivity index (χ4n) is 2.59. The Kier molecular flexibility index (Phi) is 6.60. The van der Waals surface area contributed by atoms with Gasteiger partial charge in [0.25, 0.3) is 5.91 Å². The summed E-state index contributed by atoms with van der Waals surface area (Å²) in [5.74, 6) is 0.215. The molecule has 6 heteroatoms. The van der Waals surface area contributed by atoms with Crippen LogP contribution in [-0.4, -0.2) is 32.7 Å². The van der Waals surface area contributed by atoms with Gasteiger partial charge in [0.05, 0.1) is 32.1 Å². The highest BCUT2D eigenvalue weighted by Crippen LogP contribution is 2.31. The molecule has 0 aromatic heterocycles. The van der Waals surface area contributed by atoms with E-state index in [0.717, 1.165) is 5.56 Å². The van der Waals surface area contributed by atoms with Gasteiger partial charge in [0, 0.05) is 5.56 Å². The van der Waals surface area contributed by atoms with Gasteiger partial charge in [-0.1, -0.05) is 19.1 Å². The van der Waals surface area contributed by atoms with Gasteiger partial charge >= 0.3 is 5.97 Å². The Morgan fingerprint density at radius 2 is 1.62 bits per heavy atom. The average molecular weight is 357 g/mol. The van der Waals surface area contributed by atoms with E-state index in [2.05, 4.69) is 5.32 Å². The molecule has 6 nitrogen and oxygen atoms in total. The van der Waals surface area contributed by atoms with Crippen LogP contribution in [0.5, 0.6) is 11.5 Å². The number of esters is 1. The number of anilines is 1. The Labute approximate surface area is 153 Å². The molecule has 0 aliphatic rings. The largest absolute Gasteiger partial charge is 0.493 e. The number of rotatable bonds is 7. The number of aryl methyl sites for hydroxylation is 1. The van der Waals surface area contributed by atoms with Gasteiger partial charge in [0.1, 0.15) is 0 Å². The quantitative estimate of drug-likeness (QED) is 0.765. The zero-order valence-corrected chi connectivity index (χ0v) is 15.4. The lowest BCUT2D eigenvalue weighted by molar-refractivity contribution is 0.0527. The van der Waals surface area contributed by atoms with E-state index in [0.29, 0.717) is 34.7 Å². The van der Waals surface area contributed by atoms with Crippen molar-refractivity contribution in [1.29, 1.82) is 0 Å². The first-order valence-corrected chi connectivity index (χ1v) is 8.38. The second-order valence-corrected chi connectivity index (χ2v) is 5.44. The minimum Gasteiger partial charge on any atom is -0.493 e. The van der Waals surface area contributed by atoms with Crippen molar-refractivity contribution in [1.82, 2.24) is 0 Å². The number of methoxy groups -OCH3 is 2. The molecule has 0 bridgehead atoms. The summed E-state index contributed by atoms with van der Waals surface area (Å²) in [5, 5.41) is 2.79. The fraction of sp³-hybridized carbons (Fsp3) is 0.300. The van der Waals surface area contributed by atoms with E-state index in [1.165, 1.54) is 7.11 Å². The monoisotopic (exact) mass is 357 g/mol. The highest BCUT2D eigenvalue weighted by Gasteiger charge is 2.19. The SMILES string of the molecule is CCOC(=O)c1ccccc1NC(=O)c1cc(OC)c(OC)cc1CC. The Balaban J connectivity index is 2.38. The van der Waals surface area contributed by atoms with Crippen LogP contribution in [0.2, 0.25) is 0 Å². The number of hydrogen-bond donors (Lipinski definition) is 1. The van der Waals surface area contributed by atoms with Crippen LogP contribution in [0.3, 0.4) is 0 Å². The normalized spacial score (nSPS) is 10.2. The summed E-state index contributed by atoms with van der Waals surface area (Å²) < 4.78 is 15.6. The molecule has 0 aliphatic carbocycles. The van der Waals surface area contributed by atoms with Crippen LogP contribution in [0.25, 0.3) is 0 Å². The topological polar surface area (TPSA) is 73.9 Å². The standard InChI is InChI=1S/C20H23NO5/c1-5-13-11-17(24-3)18(25-4)12-15(13)19(22)21-16-10-8-7-9-14(16)20(23)26-6-2/h7-12H,5-6H2,1-4H3,(H,21,22). The number of carbonyl (C=O) groups is 2. The summed E-state index contributed by atoms with van der Waals surface area (Å²) in [4.78, 5) is 24.9. The van der Waals surface area contributed by atoms with Gasteiger partial charge in [-0.05, 0) is 43.2 Å². The lowest BCUT2D eigenvalue weighted by atomic mass is 10.0. The average Bonchev–Trinajstić information content (AvgIpc) is 2.67. The highest BCUT2D eigenvalue weighted by molar-refractivity contribution is 6.09. The summed E-state index contributed by atoms with van der Waals surface area (Å²) in [6.45, 7) is 3.94. The molecule has 0 radical (unpaired) electrons. The molecule has 2 aromatic carbocycles. The molecule has 0 aliphatic heterocycles. The van der Waals surface area contributed by atoms with Crippen LogP contribution in [0, 0.1) is 0 Å². The summed E-state index contributed by atoms with van der Waals surface area (Å²) in [6.07, 6.45) is 0.641. The van der Waals surface area contributed by atoms with Crippen molar-refractivity contribution in [2.24, 2.45) is 0 Å². The predicted octanol–water partition coefficient (Wildman–Crippen LogP) is 3.70. The lowest BCUT2D eigenvalue weighted by Crippen LogP contribution is -2.17. The highest BCUT2D eigenvalue weighted by atomic mass is 16.5. The molecule has 1 amide bonds. The first-order valence-electron chi connectivity index (χ1n) is 8.38. The van der Waals surface area contributed by atoms with Crippen molar-refractivity contribution in [3.63, 3.8) is 0 Å². The van der Waals surface area contributed by atoms with Crippen LogP contribution in [-0.2, 0) is 11.2 Å². The van der Waals surface area contributed by atoms with Gasteiger partial charge in [-0.3, -0.25) is 4.79 Å². The van der Waals surface area contributed by atoms with Crippen LogP contribution < -0.4 is 14.8 Å². The summed E-state index contributed by atoms with van der Waals surface area (Å²) in [6, 6.07) is 10.2. The summed E-state index contributed by atoms with van der Waals surface area (Å²) >= 11 is 0. The zero-order chi connectivity index (χ0) is 19.1. The van der Waals surface area contributed by atoms with Gasteiger partial charge < -0.3 is 19.5 Å². The van der Waals surface area contributed by atoms with Gasteiger partial charge in [0.2, 0.25) is 0 Å². The van der Waals surface area contributed by atoms with Gasteiger partial charge in [-0.25, -0.2) is 4.79 Å². The molecule has 0 fully saturated rings. The maximum Gasteiger partial charge on any atom is 0.340 e. The molecule has 2 aromatic rings. The van der Waals surface area contributed by atoms with Crippen LogP contribution in [0.15, 0.2) is 36.4 Å². The van der Waals surface area contributed by atoms with Crippen molar-refractivity contribution in [2.45, 2.75) is 20.3 Å². The number of para-hydroxylation sites is 1. The molecular weight excluding hydrogens is 334 g/mol. The third kappa shape index (κ3) is 4.14. The van der Waals surface area contributed by atoms with Crippen molar-refractivity contribution in [3.8, 4) is 11.5 Å². The summed E-state index contributed by atoms with van der Waals surface area (Å²) in [7, 11) is 3.06. The third-order valence-corrected chi connectivity index (χ3v) is 3.91. The predicted molar refractivity (Wildman–Crippen MR) is 99.3 cm³/mol. The lowest BCUT2D eigenvalue weighted by Gasteiger charge is -2.15. The molecule has 26 heavy (non-hydrogen) atoms. The number of hydrogen-bond acceptors (Lipinski definition) is 5. The number of nitrogens with one attached hydrogen (secondary N) is 1. The molecule has 0 unspecified atom stereocenters. The number of benzene rings is 2. The molecular formula is C20H23NO5. The molecule has 0 heterocycles.